The van der Waals surface area contributed by atoms with Crippen molar-refractivity contribution in [1.29, 1.82) is 0 Å². The molecule has 0 aliphatic rings. The molecule has 3 rings (SSSR count). The smallest absolute Gasteiger partial charge is 0.325 e. The van der Waals surface area contributed by atoms with Crippen molar-refractivity contribution in [1.82, 2.24) is 24.6 Å². The highest BCUT2D eigenvalue weighted by atomic mass is 16.5. The highest BCUT2D eigenvalue weighted by Crippen LogP contribution is 2.19. The molecule has 0 saturated carbocycles. The van der Waals surface area contributed by atoms with Crippen molar-refractivity contribution < 1.29 is 14.3 Å². The first-order chi connectivity index (χ1) is 14.3. The third-order valence-electron chi connectivity index (χ3n) is 4.72. The minimum absolute atomic E-state index is 0.0400. The molecule has 0 saturated heterocycles. The fraction of sp³-hybridized carbons (Fsp3) is 0.381. The zero-order valence-corrected chi connectivity index (χ0v) is 17.6. The van der Waals surface area contributed by atoms with Crippen molar-refractivity contribution in [3.63, 3.8) is 0 Å². The van der Waals surface area contributed by atoms with E-state index in [9.17, 15) is 14.4 Å². The number of ether oxygens (including phenoxy) is 1. The topological polar surface area (TPSA) is 108 Å². The molecule has 1 aromatic carbocycles. The van der Waals surface area contributed by atoms with Crippen LogP contribution in [0.3, 0.4) is 0 Å². The summed E-state index contributed by atoms with van der Waals surface area (Å²) in [6.07, 6.45) is 0.199. The van der Waals surface area contributed by atoms with Crippen LogP contribution >= 0.6 is 0 Å². The second kappa shape index (κ2) is 8.89. The Labute approximate surface area is 173 Å². The Hall–Kier alpha value is -3.49. The lowest BCUT2D eigenvalue weighted by atomic mass is 10.2. The average Bonchev–Trinajstić information content (AvgIpc) is 3.05. The summed E-state index contributed by atoms with van der Waals surface area (Å²) in [5.41, 5.74) is 3.85. The summed E-state index contributed by atoms with van der Waals surface area (Å²) >= 11 is 0. The highest BCUT2D eigenvalue weighted by molar-refractivity contribution is 5.82. The number of aromatic nitrogens is 4. The van der Waals surface area contributed by atoms with Crippen LogP contribution in [-0.4, -0.2) is 44.4 Å². The second-order valence-electron chi connectivity index (χ2n) is 7.01. The van der Waals surface area contributed by atoms with E-state index in [4.69, 9.17) is 4.74 Å². The number of rotatable bonds is 7. The number of nitrogens with zero attached hydrogens (tertiary/aromatic N) is 4. The lowest BCUT2D eigenvalue weighted by Gasteiger charge is -2.09. The van der Waals surface area contributed by atoms with Gasteiger partial charge in [-0.25, -0.2) is 9.67 Å². The number of fused-ring (bicyclic) bond motifs is 1. The molecule has 2 heterocycles. The van der Waals surface area contributed by atoms with E-state index in [2.05, 4.69) is 15.4 Å². The SMILES string of the molecule is CCOC(=O)CNC(=O)CCc1nc2c(C)nn(-c3ccc(C)cc3)c2n(C)c1=O. The average molecular weight is 411 g/mol. The van der Waals surface area contributed by atoms with E-state index in [1.54, 1.807) is 18.7 Å². The normalized spacial score (nSPS) is 10.9. The third-order valence-corrected chi connectivity index (χ3v) is 4.72. The van der Waals surface area contributed by atoms with E-state index >= 15 is 0 Å². The van der Waals surface area contributed by atoms with Crippen molar-refractivity contribution in [2.45, 2.75) is 33.6 Å². The summed E-state index contributed by atoms with van der Waals surface area (Å²) < 4.78 is 7.98. The fourth-order valence-electron chi connectivity index (χ4n) is 3.14. The molecule has 0 fully saturated rings. The Balaban J connectivity index is 1.84. The van der Waals surface area contributed by atoms with Gasteiger partial charge in [-0.15, -0.1) is 0 Å². The molecule has 158 valence electrons. The fourth-order valence-corrected chi connectivity index (χ4v) is 3.14. The summed E-state index contributed by atoms with van der Waals surface area (Å²) in [6.45, 7) is 5.59. The van der Waals surface area contributed by atoms with Gasteiger partial charge >= 0.3 is 5.97 Å². The van der Waals surface area contributed by atoms with Crippen LogP contribution in [-0.2, 0) is 27.8 Å². The number of nitrogens with one attached hydrogen (secondary N) is 1. The zero-order chi connectivity index (χ0) is 21.8. The lowest BCUT2D eigenvalue weighted by Crippen LogP contribution is -2.31. The summed E-state index contributed by atoms with van der Waals surface area (Å²) in [5.74, 6) is -0.848. The van der Waals surface area contributed by atoms with E-state index < -0.39 is 5.97 Å². The molecule has 0 radical (unpaired) electrons. The van der Waals surface area contributed by atoms with Gasteiger partial charge in [0.2, 0.25) is 5.91 Å². The Morgan fingerprint density at radius 1 is 1.17 bits per heavy atom. The highest BCUT2D eigenvalue weighted by Gasteiger charge is 2.18. The van der Waals surface area contributed by atoms with E-state index in [1.165, 1.54) is 4.57 Å². The largest absolute Gasteiger partial charge is 0.465 e. The first kappa shape index (κ1) is 21.2. The van der Waals surface area contributed by atoms with Crippen LogP contribution in [0.25, 0.3) is 16.9 Å². The number of benzene rings is 1. The molecule has 0 aliphatic heterocycles. The molecule has 0 aliphatic carbocycles. The number of carbonyl (C=O) groups is 2. The van der Waals surface area contributed by atoms with Crippen LogP contribution in [0, 0.1) is 13.8 Å². The van der Waals surface area contributed by atoms with Crippen molar-refractivity contribution in [3.05, 3.63) is 51.6 Å². The molecule has 0 unspecified atom stereocenters. The molecule has 9 heteroatoms. The Morgan fingerprint density at radius 3 is 2.53 bits per heavy atom. The molecule has 1 N–H and O–H groups in total. The van der Waals surface area contributed by atoms with Crippen LogP contribution < -0.4 is 10.9 Å². The van der Waals surface area contributed by atoms with Crippen molar-refractivity contribution in [2.75, 3.05) is 13.2 Å². The van der Waals surface area contributed by atoms with E-state index in [-0.39, 0.29) is 43.2 Å². The van der Waals surface area contributed by atoms with Gasteiger partial charge in [-0.2, -0.15) is 5.10 Å². The van der Waals surface area contributed by atoms with Crippen LogP contribution in [0.15, 0.2) is 29.1 Å². The van der Waals surface area contributed by atoms with E-state index in [1.807, 2.05) is 38.1 Å². The molecule has 0 spiro atoms. The first-order valence-corrected chi connectivity index (χ1v) is 9.76. The predicted molar refractivity (Wildman–Crippen MR) is 112 cm³/mol. The molecular formula is C21H25N5O4. The Morgan fingerprint density at radius 2 is 1.87 bits per heavy atom. The predicted octanol–water partition coefficient (Wildman–Crippen LogP) is 1.35. The minimum Gasteiger partial charge on any atom is -0.465 e. The van der Waals surface area contributed by atoms with E-state index in [0.717, 1.165) is 11.3 Å². The molecule has 9 nitrogen and oxygen atoms in total. The zero-order valence-electron chi connectivity index (χ0n) is 17.6. The van der Waals surface area contributed by atoms with Gasteiger partial charge in [0.1, 0.15) is 17.8 Å². The van der Waals surface area contributed by atoms with Crippen LogP contribution in [0.1, 0.15) is 30.3 Å². The van der Waals surface area contributed by atoms with Gasteiger partial charge in [-0.05, 0) is 32.9 Å². The van der Waals surface area contributed by atoms with Gasteiger partial charge in [0.05, 0.1) is 18.0 Å². The quantitative estimate of drug-likeness (QED) is 0.588. The minimum atomic E-state index is -0.500. The number of amides is 1. The maximum atomic E-state index is 12.8. The van der Waals surface area contributed by atoms with E-state index in [0.29, 0.717) is 16.9 Å². The molecule has 30 heavy (non-hydrogen) atoms. The molecule has 2 aromatic heterocycles. The number of carbonyl (C=O) groups excluding carboxylic acids is 2. The lowest BCUT2D eigenvalue weighted by molar-refractivity contribution is -0.143. The Kier molecular flexibility index (Phi) is 6.29. The summed E-state index contributed by atoms with van der Waals surface area (Å²) in [4.78, 5) is 40.7. The number of esters is 1. The van der Waals surface area contributed by atoms with Crippen molar-refractivity contribution >= 4 is 23.0 Å². The number of aryl methyl sites for hydroxylation is 4. The summed E-state index contributed by atoms with van der Waals surface area (Å²) in [7, 11) is 1.67. The molecule has 1 amide bonds. The van der Waals surface area contributed by atoms with Gasteiger partial charge in [0.15, 0.2) is 5.65 Å². The van der Waals surface area contributed by atoms with Crippen LogP contribution in [0.2, 0.25) is 0 Å². The van der Waals surface area contributed by atoms with Gasteiger partial charge in [-0.1, -0.05) is 17.7 Å². The van der Waals surface area contributed by atoms with Gasteiger partial charge in [-0.3, -0.25) is 19.0 Å². The maximum Gasteiger partial charge on any atom is 0.325 e. The van der Waals surface area contributed by atoms with Gasteiger partial charge < -0.3 is 10.1 Å². The first-order valence-electron chi connectivity index (χ1n) is 9.76. The molecule has 3 aromatic rings. The molecular weight excluding hydrogens is 386 g/mol. The van der Waals surface area contributed by atoms with Gasteiger partial charge in [0, 0.05) is 19.9 Å². The summed E-state index contributed by atoms with van der Waals surface area (Å²) in [6, 6.07) is 7.83. The standard InChI is InChI=1S/C21H25N5O4/c1-5-30-18(28)12-22-17(27)11-10-16-21(29)25(4)20-19(23-16)14(3)24-26(20)15-8-6-13(2)7-9-15/h6-9H,5,10-12H2,1-4H3,(H,22,27). The van der Waals surface area contributed by atoms with Gasteiger partial charge in [0.25, 0.3) is 5.56 Å². The second-order valence-corrected chi connectivity index (χ2v) is 7.01. The third kappa shape index (κ3) is 4.40. The maximum absolute atomic E-state index is 12.8. The Bertz CT molecular complexity index is 1140. The van der Waals surface area contributed by atoms with Crippen molar-refractivity contribution in [2.24, 2.45) is 7.05 Å². The molecule has 0 atom stereocenters. The van der Waals surface area contributed by atoms with Crippen molar-refractivity contribution in [3.8, 4) is 5.69 Å². The van der Waals surface area contributed by atoms with Crippen LogP contribution in [0.5, 0.6) is 0 Å². The summed E-state index contributed by atoms with van der Waals surface area (Å²) in [5, 5.41) is 7.04. The molecule has 0 bridgehead atoms. The van der Waals surface area contributed by atoms with Crippen LogP contribution in [0.4, 0.5) is 0 Å². The number of hydrogen-bond acceptors (Lipinski definition) is 6. The monoisotopic (exact) mass is 411 g/mol. The number of hydrogen-bond donors (Lipinski definition) is 1.